The molecule has 0 aromatic carbocycles. The summed E-state index contributed by atoms with van der Waals surface area (Å²) in [5, 5.41) is 20.1. The molecule has 8 atom stereocenters. The number of nitrogens with one attached hydrogen (secondary N) is 3. The maximum Gasteiger partial charge on any atom is 0.223 e. The van der Waals surface area contributed by atoms with Gasteiger partial charge in [-0.25, -0.2) is 0 Å². The van der Waals surface area contributed by atoms with Crippen LogP contribution in [0, 0.1) is 40.4 Å². The second kappa shape index (κ2) is 11.0. The van der Waals surface area contributed by atoms with Crippen LogP contribution in [0.4, 0.5) is 0 Å². The molecule has 0 heterocycles. The van der Waals surface area contributed by atoms with Gasteiger partial charge >= 0.3 is 0 Å². The summed E-state index contributed by atoms with van der Waals surface area (Å²) in [5.41, 5.74) is 7.59. The van der Waals surface area contributed by atoms with Crippen LogP contribution >= 0.6 is 0 Å². The molecule has 4 aliphatic carbocycles. The molecule has 0 aromatic heterocycles. The fraction of sp³-hybridized carbons (Fsp3) is 0.893. The van der Waals surface area contributed by atoms with Gasteiger partial charge in [-0.2, -0.15) is 0 Å². The number of amides is 1. The topological polar surface area (TPSA) is 99.4 Å². The monoisotopic (exact) mass is 474 g/mol. The molecule has 3 saturated carbocycles. The Morgan fingerprint density at radius 3 is 2.56 bits per heavy atom. The van der Waals surface area contributed by atoms with Gasteiger partial charge in [-0.1, -0.05) is 32.4 Å². The Morgan fingerprint density at radius 2 is 1.79 bits per heavy atom. The quantitative estimate of drug-likeness (QED) is 0.248. The first-order valence-corrected chi connectivity index (χ1v) is 14.1. The van der Waals surface area contributed by atoms with Crippen LogP contribution in [0.5, 0.6) is 0 Å². The van der Waals surface area contributed by atoms with Crippen molar-refractivity contribution >= 4 is 5.91 Å². The van der Waals surface area contributed by atoms with E-state index in [0.29, 0.717) is 19.0 Å². The van der Waals surface area contributed by atoms with Gasteiger partial charge in [0.1, 0.15) is 0 Å². The van der Waals surface area contributed by atoms with E-state index in [4.69, 9.17) is 5.73 Å². The molecule has 0 bridgehead atoms. The van der Waals surface area contributed by atoms with E-state index in [1.165, 1.54) is 32.1 Å². The molecule has 34 heavy (non-hydrogen) atoms. The zero-order chi connectivity index (χ0) is 24.3. The number of carbonyl (C=O) groups is 1. The highest BCUT2D eigenvalue weighted by molar-refractivity contribution is 5.78. The lowest BCUT2D eigenvalue weighted by Crippen LogP contribution is -2.51. The van der Waals surface area contributed by atoms with E-state index in [0.717, 1.165) is 63.2 Å². The van der Waals surface area contributed by atoms with E-state index in [1.807, 2.05) is 0 Å². The van der Waals surface area contributed by atoms with E-state index in [9.17, 15) is 9.90 Å². The second-order valence-corrected chi connectivity index (χ2v) is 12.3. The van der Waals surface area contributed by atoms with Gasteiger partial charge in [-0.3, -0.25) is 4.79 Å². The van der Waals surface area contributed by atoms with Gasteiger partial charge in [0.05, 0.1) is 6.10 Å². The van der Waals surface area contributed by atoms with Crippen molar-refractivity contribution in [1.82, 2.24) is 16.0 Å². The van der Waals surface area contributed by atoms with Crippen molar-refractivity contribution in [2.75, 3.05) is 39.3 Å². The molecule has 0 radical (unpaired) electrons. The largest absolute Gasteiger partial charge is 0.393 e. The van der Waals surface area contributed by atoms with Gasteiger partial charge in [0.15, 0.2) is 0 Å². The van der Waals surface area contributed by atoms with Crippen LogP contribution in [0.3, 0.4) is 0 Å². The average molecular weight is 475 g/mol. The third-order valence-corrected chi connectivity index (χ3v) is 10.6. The van der Waals surface area contributed by atoms with Crippen molar-refractivity contribution in [1.29, 1.82) is 0 Å². The summed E-state index contributed by atoms with van der Waals surface area (Å²) in [6.07, 6.45) is 11.6. The lowest BCUT2D eigenvalue weighted by molar-refractivity contribution is -0.129. The van der Waals surface area contributed by atoms with Gasteiger partial charge < -0.3 is 26.8 Å². The number of aliphatic hydroxyl groups is 1. The molecule has 4 aliphatic rings. The number of rotatable bonds is 10. The van der Waals surface area contributed by atoms with Crippen LogP contribution in [-0.2, 0) is 4.79 Å². The minimum absolute atomic E-state index is 0.0767. The highest BCUT2D eigenvalue weighted by Crippen LogP contribution is 2.67. The molecule has 6 heteroatoms. The third kappa shape index (κ3) is 4.98. The number of aliphatic hydroxyl groups excluding tert-OH is 1. The number of hydrogen-bond acceptors (Lipinski definition) is 5. The third-order valence-electron chi connectivity index (χ3n) is 10.6. The first kappa shape index (κ1) is 26.1. The summed E-state index contributed by atoms with van der Waals surface area (Å²) in [6, 6.07) is 0. The number of hydrogen-bond donors (Lipinski definition) is 5. The van der Waals surface area contributed by atoms with Crippen LogP contribution < -0.4 is 21.7 Å². The van der Waals surface area contributed by atoms with Gasteiger partial charge in [-0.15, -0.1) is 0 Å². The van der Waals surface area contributed by atoms with E-state index in [1.54, 1.807) is 5.57 Å². The molecular formula is C28H50N4O2. The predicted octanol–water partition coefficient (Wildman–Crippen LogP) is 2.82. The fourth-order valence-electron chi connectivity index (χ4n) is 8.65. The van der Waals surface area contributed by atoms with Crippen LogP contribution in [0.1, 0.15) is 72.1 Å². The van der Waals surface area contributed by atoms with Crippen molar-refractivity contribution in [2.45, 2.75) is 78.2 Å². The molecule has 6 N–H and O–H groups in total. The fourth-order valence-corrected chi connectivity index (χ4v) is 8.65. The maximum absolute atomic E-state index is 13.1. The SMILES string of the molecule is CC(C(=O)NCCNCCNCCN)[C@H]1CC[C@H]2[C@@H]3CC=C4C[C@@H](O)CC[C@]4(C)[C@H]3CC[C@]12C. The van der Waals surface area contributed by atoms with Crippen molar-refractivity contribution in [3.63, 3.8) is 0 Å². The van der Waals surface area contributed by atoms with Gasteiger partial charge in [-0.05, 0) is 85.9 Å². The first-order chi connectivity index (χ1) is 16.3. The molecule has 4 rings (SSSR count). The van der Waals surface area contributed by atoms with Crippen molar-refractivity contribution in [3.05, 3.63) is 11.6 Å². The Balaban J connectivity index is 1.31. The molecule has 1 amide bonds. The van der Waals surface area contributed by atoms with Crippen molar-refractivity contribution in [2.24, 2.45) is 46.2 Å². The predicted molar refractivity (Wildman–Crippen MR) is 138 cm³/mol. The molecule has 0 aliphatic heterocycles. The van der Waals surface area contributed by atoms with Crippen molar-refractivity contribution in [3.8, 4) is 0 Å². The minimum Gasteiger partial charge on any atom is -0.393 e. The van der Waals surface area contributed by atoms with Crippen LogP contribution in [0.2, 0.25) is 0 Å². The second-order valence-electron chi connectivity index (χ2n) is 12.3. The molecule has 3 fully saturated rings. The molecule has 0 spiro atoms. The number of fused-ring (bicyclic) bond motifs is 5. The number of allylic oxidation sites excluding steroid dienone is 1. The zero-order valence-corrected chi connectivity index (χ0v) is 21.9. The van der Waals surface area contributed by atoms with E-state index in [-0.39, 0.29) is 28.8 Å². The van der Waals surface area contributed by atoms with Gasteiger partial charge in [0.25, 0.3) is 0 Å². The Kier molecular flexibility index (Phi) is 8.44. The smallest absolute Gasteiger partial charge is 0.223 e. The van der Waals surface area contributed by atoms with E-state index in [2.05, 4.69) is 42.8 Å². The van der Waals surface area contributed by atoms with E-state index >= 15 is 0 Å². The summed E-state index contributed by atoms with van der Waals surface area (Å²) >= 11 is 0. The first-order valence-electron chi connectivity index (χ1n) is 14.1. The molecule has 194 valence electrons. The summed E-state index contributed by atoms with van der Waals surface area (Å²) in [7, 11) is 0. The summed E-state index contributed by atoms with van der Waals surface area (Å²) in [6.45, 7) is 12.0. The van der Waals surface area contributed by atoms with Gasteiger partial charge in [0.2, 0.25) is 5.91 Å². The van der Waals surface area contributed by atoms with Gasteiger partial charge in [0, 0.05) is 45.2 Å². The minimum atomic E-state index is -0.136. The number of nitrogens with two attached hydrogens (primary N) is 1. The lowest BCUT2D eigenvalue weighted by Gasteiger charge is -2.58. The van der Waals surface area contributed by atoms with Crippen LogP contribution in [0.25, 0.3) is 0 Å². The Bertz CT molecular complexity index is 742. The molecule has 0 saturated heterocycles. The maximum atomic E-state index is 13.1. The highest BCUT2D eigenvalue weighted by atomic mass is 16.3. The lowest BCUT2D eigenvalue weighted by atomic mass is 9.47. The van der Waals surface area contributed by atoms with Crippen molar-refractivity contribution < 1.29 is 9.90 Å². The standard InChI is InChI=1S/C28H50N4O2/c1-19(26(34)32-17-16-31-15-14-30-13-12-29)23-6-7-24-22-5-4-20-18-21(33)8-10-27(20,2)25(22)9-11-28(23,24)3/h4,19,21-25,30-31,33H,5-18,29H2,1-3H3,(H,32,34)/t19?,21-,22-,23+,24-,25-,27-,28+/m0/s1. The molecule has 6 nitrogen and oxygen atoms in total. The summed E-state index contributed by atoms with van der Waals surface area (Å²) in [4.78, 5) is 13.1. The zero-order valence-electron chi connectivity index (χ0n) is 21.9. The summed E-state index contributed by atoms with van der Waals surface area (Å²) < 4.78 is 0. The Labute approximate surface area is 207 Å². The summed E-state index contributed by atoms with van der Waals surface area (Å²) in [5.74, 6) is 3.03. The Morgan fingerprint density at radius 1 is 1.06 bits per heavy atom. The molecular weight excluding hydrogens is 424 g/mol. The highest BCUT2D eigenvalue weighted by Gasteiger charge is 2.59. The van der Waals surface area contributed by atoms with E-state index < -0.39 is 0 Å². The number of carbonyl (C=O) groups excluding carboxylic acids is 1. The average Bonchev–Trinajstić information content (AvgIpc) is 3.17. The van der Waals surface area contributed by atoms with Crippen LogP contribution in [-0.4, -0.2) is 56.4 Å². The Hall–Kier alpha value is -0.950. The molecule has 0 aromatic rings. The van der Waals surface area contributed by atoms with Crippen LogP contribution in [0.15, 0.2) is 11.6 Å². The molecule has 1 unspecified atom stereocenters. The normalized spacial score (nSPS) is 40.0.